The van der Waals surface area contributed by atoms with E-state index in [2.05, 4.69) is 95.9 Å². The Morgan fingerprint density at radius 3 is 1.64 bits per heavy atom. The summed E-state index contributed by atoms with van der Waals surface area (Å²) in [7, 11) is 2.85. The van der Waals surface area contributed by atoms with Crippen LogP contribution in [0.3, 0.4) is 0 Å². The van der Waals surface area contributed by atoms with Gasteiger partial charge in [-0.1, -0.05) is 86.6 Å². The average molecular weight is 304 g/mol. The fraction of sp³-hybridized carbons (Fsp3) is 0.143. The molecule has 0 N–H and O–H groups in total. The molecule has 0 saturated carbocycles. The van der Waals surface area contributed by atoms with Crippen LogP contribution in [-0.4, -0.2) is 0 Å². The fourth-order valence-corrected chi connectivity index (χ4v) is 3.30. The summed E-state index contributed by atoms with van der Waals surface area (Å²) in [6, 6.07) is 26.0. The normalized spacial score (nSPS) is 10.9. The van der Waals surface area contributed by atoms with Crippen LogP contribution in [0.15, 0.2) is 72.8 Å². The van der Waals surface area contributed by atoms with Crippen LogP contribution in [0.25, 0.3) is 22.3 Å². The highest BCUT2D eigenvalue weighted by molar-refractivity contribution is 7.28. The van der Waals surface area contributed by atoms with E-state index in [1.165, 1.54) is 33.1 Å². The standard InChI is InChI=1S/C21H21P/c1-15(2)16-9-3-4-10-17(16)18-11-5-6-12-19(18)20-13-7-8-14-21(20)22/h3-15H,22H2,1-2H3. The van der Waals surface area contributed by atoms with E-state index in [1.54, 1.807) is 0 Å². The Kier molecular flexibility index (Phi) is 4.41. The van der Waals surface area contributed by atoms with Crippen LogP contribution in [0.4, 0.5) is 0 Å². The highest BCUT2D eigenvalue weighted by atomic mass is 31.0. The van der Waals surface area contributed by atoms with Crippen molar-refractivity contribution in [1.29, 1.82) is 0 Å². The van der Waals surface area contributed by atoms with E-state index in [4.69, 9.17) is 0 Å². The van der Waals surface area contributed by atoms with Gasteiger partial charge in [0.05, 0.1) is 0 Å². The lowest BCUT2D eigenvalue weighted by molar-refractivity contribution is 0.869. The Labute approximate surface area is 135 Å². The summed E-state index contributed by atoms with van der Waals surface area (Å²) >= 11 is 0. The molecule has 0 saturated heterocycles. The first-order valence-corrected chi connectivity index (χ1v) is 8.29. The van der Waals surface area contributed by atoms with Gasteiger partial charge in [-0.15, -0.1) is 9.24 Å². The van der Waals surface area contributed by atoms with Crippen LogP contribution < -0.4 is 5.30 Å². The lowest BCUT2D eigenvalue weighted by Gasteiger charge is -2.17. The molecule has 0 aromatic heterocycles. The Morgan fingerprint density at radius 2 is 1.05 bits per heavy atom. The van der Waals surface area contributed by atoms with Crippen molar-refractivity contribution in [3.63, 3.8) is 0 Å². The summed E-state index contributed by atoms with van der Waals surface area (Å²) in [4.78, 5) is 0. The molecule has 0 fully saturated rings. The van der Waals surface area contributed by atoms with Crippen molar-refractivity contribution in [2.75, 3.05) is 0 Å². The summed E-state index contributed by atoms with van der Waals surface area (Å²) < 4.78 is 0. The van der Waals surface area contributed by atoms with Gasteiger partial charge in [0, 0.05) is 0 Å². The number of hydrogen-bond donors (Lipinski definition) is 0. The molecule has 1 atom stereocenters. The topological polar surface area (TPSA) is 0 Å². The van der Waals surface area contributed by atoms with Crippen molar-refractivity contribution in [2.24, 2.45) is 0 Å². The van der Waals surface area contributed by atoms with Gasteiger partial charge in [0.15, 0.2) is 0 Å². The molecule has 0 amide bonds. The molecule has 0 aliphatic heterocycles. The average Bonchev–Trinajstić information content (AvgIpc) is 2.55. The van der Waals surface area contributed by atoms with E-state index < -0.39 is 0 Å². The molecule has 0 aliphatic rings. The van der Waals surface area contributed by atoms with E-state index in [0.29, 0.717) is 5.92 Å². The van der Waals surface area contributed by atoms with Gasteiger partial charge >= 0.3 is 0 Å². The molecule has 110 valence electrons. The van der Waals surface area contributed by atoms with E-state index >= 15 is 0 Å². The van der Waals surface area contributed by atoms with Crippen LogP contribution in [0.2, 0.25) is 0 Å². The molecule has 1 unspecified atom stereocenters. The van der Waals surface area contributed by atoms with Gasteiger partial charge in [-0.2, -0.15) is 0 Å². The Bertz CT molecular complexity index is 787. The van der Waals surface area contributed by atoms with Gasteiger partial charge in [-0.05, 0) is 39.0 Å². The van der Waals surface area contributed by atoms with Crippen molar-refractivity contribution in [1.82, 2.24) is 0 Å². The van der Waals surface area contributed by atoms with Crippen LogP contribution in [0.5, 0.6) is 0 Å². The predicted octanol–water partition coefficient (Wildman–Crippen LogP) is 5.64. The third kappa shape index (κ3) is 2.85. The third-order valence-electron chi connectivity index (χ3n) is 4.05. The summed E-state index contributed by atoms with van der Waals surface area (Å²) in [5.74, 6) is 0.510. The maximum absolute atomic E-state index is 2.85. The quantitative estimate of drug-likeness (QED) is 0.549. The smallest absolute Gasteiger partial charge is 0.00991 e. The monoisotopic (exact) mass is 304 g/mol. The zero-order chi connectivity index (χ0) is 15.5. The van der Waals surface area contributed by atoms with Crippen LogP contribution in [0, 0.1) is 0 Å². The summed E-state index contributed by atoms with van der Waals surface area (Å²) in [5.41, 5.74) is 6.61. The Balaban J connectivity index is 2.25. The molecule has 0 spiro atoms. The SMILES string of the molecule is CC(C)c1ccccc1-c1ccccc1-c1ccccc1P. The Morgan fingerprint density at radius 1 is 0.591 bits per heavy atom. The number of benzene rings is 3. The second-order valence-corrected chi connectivity index (χ2v) is 6.50. The Hall–Kier alpha value is -1.91. The second-order valence-electron chi connectivity index (χ2n) is 5.87. The van der Waals surface area contributed by atoms with Crippen molar-refractivity contribution >= 4 is 14.5 Å². The molecule has 22 heavy (non-hydrogen) atoms. The summed E-state index contributed by atoms with van der Waals surface area (Å²) in [6.45, 7) is 4.51. The molecule has 1 heteroatoms. The van der Waals surface area contributed by atoms with Gasteiger partial charge in [-0.3, -0.25) is 0 Å². The molecule has 0 aliphatic carbocycles. The highest BCUT2D eigenvalue weighted by Gasteiger charge is 2.13. The van der Waals surface area contributed by atoms with Crippen molar-refractivity contribution in [3.05, 3.63) is 78.4 Å². The summed E-state index contributed by atoms with van der Waals surface area (Å²) in [5, 5.41) is 1.23. The number of rotatable bonds is 3. The fourth-order valence-electron chi connectivity index (χ4n) is 2.94. The molecule has 0 nitrogen and oxygen atoms in total. The molecule has 0 radical (unpaired) electrons. The van der Waals surface area contributed by atoms with E-state index in [0.717, 1.165) is 0 Å². The molecule has 3 aromatic rings. The minimum absolute atomic E-state index is 0.510. The van der Waals surface area contributed by atoms with Crippen molar-refractivity contribution in [2.45, 2.75) is 19.8 Å². The first-order chi connectivity index (χ1) is 10.7. The van der Waals surface area contributed by atoms with Crippen molar-refractivity contribution in [3.8, 4) is 22.3 Å². The number of hydrogen-bond acceptors (Lipinski definition) is 0. The van der Waals surface area contributed by atoms with Gasteiger partial charge in [0.2, 0.25) is 0 Å². The van der Waals surface area contributed by atoms with Crippen LogP contribution >= 0.6 is 9.24 Å². The third-order valence-corrected chi connectivity index (χ3v) is 4.55. The molecular weight excluding hydrogens is 283 g/mol. The first kappa shape index (κ1) is 15.0. The van der Waals surface area contributed by atoms with Gasteiger partial charge < -0.3 is 0 Å². The minimum Gasteiger partial charge on any atom is -0.105 e. The zero-order valence-electron chi connectivity index (χ0n) is 13.1. The largest absolute Gasteiger partial charge is 0.105 e. The molecule has 0 heterocycles. The first-order valence-electron chi connectivity index (χ1n) is 7.71. The maximum Gasteiger partial charge on any atom is -0.00991 e. The van der Waals surface area contributed by atoms with E-state index in [9.17, 15) is 0 Å². The van der Waals surface area contributed by atoms with Crippen LogP contribution in [-0.2, 0) is 0 Å². The second kappa shape index (κ2) is 6.46. The van der Waals surface area contributed by atoms with Crippen LogP contribution in [0.1, 0.15) is 25.3 Å². The van der Waals surface area contributed by atoms with Gasteiger partial charge in [0.25, 0.3) is 0 Å². The molecule has 0 bridgehead atoms. The van der Waals surface area contributed by atoms with Gasteiger partial charge in [-0.25, -0.2) is 0 Å². The molecule has 3 aromatic carbocycles. The van der Waals surface area contributed by atoms with E-state index in [-0.39, 0.29) is 0 Å². The molecular formula is C21H21P. The highest BCUT2D eigenvalue weighted by Crippen LogP contribution is 2.36. The lowest BCUT2D eigenvalue weighted by Crippen LogP contribution is -1.99. The van der Waals surface area contributed by atoms with Gasteiger partial charge in [0.1, 0.15) is 0 Å². The zero-order valence-corrected chi connectivity index (χ0v) is 14.2. The van der Waals surface area contributed by atoms with Crippen molar-refractivity contribution < 1.29 is 0 Å². The maximum atomic E-state index is 2.85. The molecule has 3 rings (SSSR count). The van der Waals surface area contributed by atoms with E-state index in [1.807, 2.05) is 0 Å². The summed E-state index contributed by atoms with van der Waals surface area (Å²) in [6.07, 6.45) is 0. The predicted molar refractivity (Wildman–Crippen MR) is 101 cm³/mol. The lowest BCUT2D eigenvalue weighted by atomic mass is 9.88. The minimum atomic E-state index is 0.510.